The van der Waals surface area contributed by atoms with Gasteiger partial charge >= 0.3 is 0 Å². The minimum Gasteiger partial charge on any atom is -0.507 e. The number of aliphatic hydroxyl groups is 1. The summed E-state index contributed by atoms with van der Waals surface area (Å²) in [7, 11) is 0. The Morgan fingerprint density at radius 1 is 1.03 bits per heavy atom. The van der Waals surface area contributed by atoms with Crippen molar-refractivity contribution in [2.24, 2.45) is 0 Å². The summed E-state index contributed by atoms with van der Waals surface area (Å²) < 4.78 is 0. The number of fused-ring (bicyclic) bond motifs is 1. The van der Waals surface area contributed by atoms with E-state index in [9.17, 15) is 14.7 Å². The summed E-state index contributed by atoms with van der Waals surface area (Å²) in [5.41, 5.74) is 4.05. The standard InChI is InChI=1S/C28H22Cl2N2O3/c1-16-6-8-17(9-7-16)26(33)24-25(21-11-10-19(29)14-22(21)30)32(28(35)27(24)34)13-12-18-15-31-23-5-3-2-4-20(18)23/h2-11,14-15,25,31,33H,12-13H2,1H3/t25-/m1/s1. The van der Waals surface area contributed by atoms with Gasteiger partial charge in [-0.1, -0.05) is 77.3 Å². The van der Waals surface area contributed by atoms with Crippen LogP contribution >= 0.6 is 23.2 Å². The normalized spacial score (nSPS) is 17.5. The average Bonchev–Trinajstić information content (AvgIpc) is 3.36. The van der Waals surface area contributed by atoms with Crippen molar-refractivity contribution in [2.45, 2.75) is 19.4 Å². The maximum atomic E-state index is 13.2. The molecule has 1 aliphatic rings. The molecular weight excluding hydrogens is 483 g/mol. The first kappa shape index (κ1) is 23.2. The molecule has 5 rings (SSSR count). The van der Waals surface area contributed by atoms with Crippen LogP contribution in [0.3, 0.4) is 0 Å². The SMILES string of the molecule is Cc1ccc(C(O)=C2C(=O)C(=O)N(CCc3c[nH]c4ccccc34)[C@@H]2c2ccc(Cl)cc2Cl)cc1. The van der Waals surface area contributed by atoms with Crippen LogP contribution in [0.2, 0.25) is 10.0 Å². The number of nitrogens with one attached hydrogen (secondary N) is 1. The number of aromatic nitrogens is 1. The molecule has 0 unspecified atom stereocenters. The maximum Gasteiger partial charge on any atom is 0.295 e. The number of carbonyl (C=O) groups excluding carboxylic acids is 2. The number of para-hydroxylation sites is 1. The highest BCUT2D eigenvalue weighted by atomic mass is 35.5. The van der Waals surface area contributed by atoms with Crippen LogP contribution in [0.1, 0.15) is 28.3 Å². The van der Waals surface area contributed by atoms with Crippen LogP contribution in [-0.2, 0) is 16.0 Å². The van der Waals surface area contributed by atoms with Gasteiger partial charge in [-0.15, -0.1) is 0 Å². The molecule has 1 aromatic heterocycles. The van der Waals surface area contributed by atoms with Crippen LogP contribution in [0, 0.1) is 6.92 Å². The van der Waals surface area contributed by atoms with Crippen LogP contribution in [0.5, 0.6) is 0 Å². The second-order valence-electron chi connectivity index (χ2n) is 8.63. The zero-order valence-electron chi connectivity index (χ0n) is 18.9. The van der Waals surface area contributed by atoms with Gasteiger partial charge in [-0.2, -0.15) is 0 Å². The van der Waals surface area contributed by atoms with E-state index in [1.165, 1.54) is 4.90 Å². The number of aryl methyl sites for hydroxylation is 1. The Morgan fingerprint density at radius 3 is 2.51 bits per heavy atom. The minimum atomic E-state index is -0.841. The average molecular weight is 505 g/mol. The molecule has 0 spiro atoms. The third kappa shape index (κ3) is 4.22. The fraction of sp³-hybridized carbons (Fsp3) is 0.143. The van der Waals surface area contributed by atoms with Crippen LogP contribution in [-0.4, -0.2) is 33.2 Å². The van der Waals surface area contributed by atoms with E-state index in [-0.39, 0.29) is 17.9 Å². The minimum absolute atomic E-state index is 0.0157. The van der Waals surface area contributed by atoms with Crippen molar-refractivity contribution in [3.05, 3.63) is 111 Å². The Hall–Kier alpha value is -3.54. The Bertz CT molecular complexity index is 1490. The van der Waals surface area contributed by atoms with Crippen LogP contribution in [0.25, 0.3) is 16.7 Å². The predicted molar refractivity (Wildman–Crippen MR) is 139 cm³/mol. The van der Waals surface area contributed by atoms with Gasteiger partial charge in [0.2, 0.25) is 0 Å². The molecule has 1 fully saturated rings. The molecule has 1 atom stereocenters. The third-order valence-electron chi connectivity index (χ3n) is 6.42. The smallest absolute Gasteiger partial charge is 0.295 e. The summed E-state index contributed by atoms with van der Waals surface area (Å²) >= 11 is 12.7. The summed E-state index contributed by atoms with van der Waals surface area (Å²) in [6, 6.07) is 19.1. The number of hydrogen-bond acceptors (Lipinski definition) is 3. The van der Waals surface area contributed by atoms with Gasteiger partial charge in [-0.3, -0.25) is 9.59 Å². The Labute approximate surface area is 212 Å². The molecule has 4 aromatic rings. The molecule has 0 radical (unpaired) electrons. The molecule has 176 valence electrons. The molecule has 0 aliphatic carbocycles. The van der Waals surface area contributed by atoms with Crippen molar-refractivity contribution < 1.29 is 14.7 Å². The molecule has 3 aromatic carbocycles. The lowest BCUT2D eigenvalue weighted by Gasteiger charge is -2.26. The van der Waals surface area contributed by atoms with E-state index in [2.05, 4.69) is 4.98 Å². The Kier molecular flexibility index (Phi) is 6.13. The molecule has 35 heavy (non-hydrogen) atoms. The van der Waals surface area contributed by atoms with Crippen molar-refractivity contribution >= 4 is 51.6 Å². The van der Waals surface area contributed by atoms with Gasteiger partial charge in [0.05, 0.1) is 11.6 Å². The van der Waals surface area contributed by atoms with E-state index >= 15 is 0 Å². The number of aliphatic hydroxyl groups excluding tert-OH is 1. The lowest BCUT2D eigenvalue weighted by molar-refractivity contribution is -0.139. The summed E-state index contributed by atoms with van der Waals surface area (Å²) in [5, 5.41) is 13.0. The van der Waals surface area contributed by atoms with Gasteiger partial charge in [0.25, 0.3) is 11.7 Å². The van der Waals surface area contributed by atoms with E-state index in [1.807, 2.05) is 49.5 Å². The molecule has 5 nitrogen and oxygen atoms in total. The van der Waals surface area contributed by atoms with Crippen LogP contribution in [0.15, 0.2) is 78.5 Å². The van der Waals surface area contributed by atoms with Crippen molar-refractivity contribution in [2.75, 3.05) is 6.54 Å². The highest BCUT2D eigenvalue weighted by Gasteiger charge is 2.46. The monoisotopic (exact) mass is 504 g/mol. The molecule has 2 heterocycles. The van der Waals surface area contributed by atoms with Crippen molar-refractivity contribution in [1.82, 2.24) is 9.88 Å². The number of H-pyrrole nitrogens is 1. The van der Waals surface area contributed by atoms with Crippen LogP contribution < -0.4 is 0 Å². The highest BCUT2D eigenvalue weighted by Crippen LogP contribution is 2.42. The van der Waals surface area contributed by atoms with Crippen molar-refractivity contribution in [1.29, 1.82) is 0 Å². The number of nitrogens with zero attached hydrogens (tertiary/aromatic N) is 1. The van der Waals surface area contributed by atoms with Crippen molar-refractivity contribution in [3.63, 3.8) is 0 Å². The highest BCUT2D eigenvalue weighted by molar-refractivity contribution is 6.47. The van der Waals surface area contributed by atoms with E-state index < -0.39 is 17.7 Å². The van der Waals surface area contributed by atoms with Gasteiger partial charge < -0.3 is 15.0 Å². The van der Waals surface area contributed by atoms with Crippen molar-refractivity contribution in [3.8, 4) is 0 Å². The molecule has 1 aliphatic heterocycles. The number of rotatable bonds is 5. The number of benzene rings is 3. The largest absolute Gasteiger partial charge is 0.507 e. The van der Waals surface area contributed by atoms with Gasteiger partial charge in [0.15, 0.2) is 0 Å². The molecular formula is C28H22Cl2N2O3. The van der Waals surface area contributed by atoms with E-state index in [1.54, 1.807) is 30.3 Å². The predicted octanol–water partition coefficient (Wildman–Crippen LogP) is 6.45. The van der Waals surface area contributed by atoms with Gasteiger partial charge in [-0.05, 0) is 42.7 Å². The number of halogens is 2. The van der Waals surface area contributed by atoms with Gasteiger partial charge in [0.1, 0.15) is 5.76 Å². The summed E-state index contributed by atoms with van der Waals surface area (Å²) in [5.74, 6) is -1.64. The van der Waals surface area contributed by atoms with Gasteiger partial charge in [-0.25, -0.2) is 0 Å². The number of Topliss-reactive ketones (excluding diaryl/α,β-unsaturated/α-hetero) is 1. The first-order chi connectivity index (χ1) is 16.8. The number of carbonyl (C=O) groups is 2. The lowest BCUT2D eigenvalue weighted by atomic mass is 9.95. The lowest BCUT2D eigenvalue weighted by Crippen LogP contribution is -2.31. The number of aromatic amines is 1. The summed E-state index contributed by atoms with van der Waals surface area (Å²) in [6.07, 6.45) is 2.43. The second kappa shape index (κ2) is 9.25. The summed E-state index contributed by atoms with van der Waals surface area (Å²) in [6.45, 7) is 2.20. The maximum absolute atomic E-state index is 13.2. The third-order valence-corrected chi connectivity index (χ3v) is 6.98. The molecule has 0 bridgehead atoms. The summed E-state index contributed by atoms with van der Waals surface area (Å²) in [4.78, 5) is 31.2. The topological polar surface area (TPSA) is 73.4 Å². The fourth-order valence-electron chi connectivity index (χ4n) is 4.60. The molecule has 7 heteroatoms. The number of likely N-dealkylation sites (tertiary alicyclic amines) is 1. The number of hydrogen-bond donors (Lipinski definition) is 2. The zero-order chi connectivity index (χ0) is 24.7. The molecule has 1 amide bonds. The molecule has 2 N–H and O–H groups in total. The number of amides is 1. The Balaban J connectivity index is 1.59. The quantitative estimate of drug-likeness (QED) is 0.186. The molecule has 0 saturated carbocycles. The van der Waals surface area contributed by atoms with Gasteiger partial charge in [0, 0.05) is 39.3 Å². The van der Waals surface area contributed by atoms with E-state index in [0.29, 0.717) is 27.6 Å². The van der Waals surface area contributed by atoms with E-state index in [0.717, 1.165) is 22.0 Å². The first-order valence-corrected chi connectivity index (χ1v) is 12.0. The zero-order valence-corrected chi connectivity index (χ0v) is 20.4. The van der Waals surface area contributed by atoms with E-state index in [4.69, 9.17) is 23.2 Å². The first-order valence-electron chi connectivity index (χ1n) is 11.2. The van der Waals surface area contributed by atoms with Crippen LogP contribution in [0.4, 0.5) is 0 Å². The Morgan fingerprint density at radius 2 is 1.77 bits per heavy atom. The fourth-order valence-corrected chi connectivity index (χ4v) is 5.12. The number of ketones is 1. The second-order valence-corrected chi connectivity index (χ2v) is 9.48. The molecule has 1 saturated heterocycles.